The van der Waals surface area contributed by atoms with E-state index in [1.807, 2.05) is 42.5 Å². The Balaban J connectivity index is 1.93. The number of fused-ring (bicyclic) bond motifs is 1. The molecule has 3 aromatic carbocycles. The molecule has 0 aromatic heterocycles. The molecule has 0 spiro atoms. The van der Waals surface area contributed by atoms with Crippen LogP contribution in [-0.2, 0) is 6.42 Å². The highest BCUT2D eigenvalue weighted by Gasteiger charge is 2.12. The third-order valence-electron chi connectivity index (χ3n) is 3.60. The number of aliphatic hydroxyl groups excluding tert-OH is 1. The van der Waals surface area contributed by atoms with Gasteiger partial charge in [0.15, 0.2) is 0 Å². The van der Waals surface area contributed by atoms with Gasteiger partial charge in [0.2, 0.25) is 0 Å². The Morgan fingerprint density at radius 1 is 1.00 bits per heavy atom. The Kier molecular flexibility index (Phi) is 3.91. The summed E-state index contributed by atoms with van der Waals surface area (Å²) in [5.41, 5.74) is 1.57. The van der Waals surface area contributed by atoms with E-state index < -0.39 is 11.9 Å². The summed E-state index contributed by atoms with van der Waals surface area (Å²) >= 11 is 5.67. The van der Waals surface area contributed by atoms with Gasteiger partial charge in [0.05, 0.1) is 11.1 Å². The second kappa shape index (κ2) is 5.84. The standard InChI is InChI=1S/C18H14ClFO/c19-16-9-8-12(10-17(16)20)11-18(21)15-7-3-5-13-4-1-2-6-14(13)15/h1-10,18,21H,11H2. The van der Waals surface area contributed by atoms with Crippen molar-refractivity contribution < 1.29 is 9.50 Å². The van der Waals surface area contributed by atoms with Crippen molar-refractivity contribution >= 4 is 22.4 Å². The van der Waals surface area contributed by atoms with Gasteiger partial charge in [0.1, 0.15) is 5.82 Å². The smallest absolute Gasteiger partial charge is 0.142 e. The van der Waals surface area contributed by atoms with Crippen LogP contribution in [-0.4, -0.2) is 5.11 Å². The summed E-state index contributed by atoms with van der Waals surface area (Å²) in [6, 6.07) is 18.4. The lowest BCUT2D eigenvalue weighted by atomic mass is 9.96. The predicted octanol–water partition coefficient (Wildman–Crippen LogP) is 4.91. The Morgan fingerprint density at radius 2 is 1.76 bits per heavy atom. The lowest BCUT2D eigenvalue weighted by molar-refractivity contribution is 0.180. The minimum atomic E-state index is -0.684. The molecule has 0 aliphatic rings. The van der Waals surface area contributed by atoms with Crippen LogP contribution in [0.25, 0.3) is 10.8 Å². The van der Waals surface area contributed by atoms with Crippen LogP contribution in [0.15, 0.2) is 60.7 Å². The number of hydrogen-bond donors (Lipinski definition) is 1. The van der Waals surface area contributed by atoms with Crippen LogP contribution in [0.4, 0.5) is 4.39 Å². The molecule has 0 heterocycles. The molecule has 3 aromatic rings. The van der Waals surface area contributed by atoms with E-state index in [0.717, 1.165) is 21.9 Å². The fourth-order valence-corrected chi connectivity index (χ4v) is 2.66. The average molecular weight is 301 g/mol. The van der Waals surface area contributed by atoms with Crippen molar-refractivity contribution in [3.63, 3.8) is 0 Å². The Morgan fingerprint density at radius 3 is 2.57 bits per heavy atom. The van der Waals surface area contributed by atoms with Crippen LogP contribution in [0, 0.1) is 5.82 Å². The van der Waals surface area contributed by atoms with Gasteiger partial charge in [-0.2, -0.15) is 0 Å². The van der Waals surface area contributed by atoms with Crippen LogP contribution in [0.2, 0.25) is 5.02 Å². The highest BCUT2D eigenvalue weighted by atomic mass is 35.5. The van der Waals surface area contributed by atoms with Crippen molar-refractivity contribution in [1.82, 2.24) is 0 Å². The molecule has 1 N–H and O–H groups in total. The molecule has 0 aliphatic carbocycles. The summed E-state index contributed by atoms with van der Waals surface area (Å²) in [4.78, 5) is 0. The summed E-state index contributed by atoms with van der Waals surface area (Å²) in [5, 5.41) is 12.7. The molecule has 1 unspecified atom stereocenters. The monoisotopic (exact) mass is 300 g/mol. The molecule has 0 amide bonds. The maximum atomic E-state index is 13.5. The van der Waals surface area contributed by atoms with Crippen LogP contribution in [0.1, 0.15) is 17.2 Å². The van der Waals surface area contributed by atoms with E-state index in [0.29, 0.717) is 6.42 Å². The zero-order valence-corrected chi connectivity index (χ0v) is 12.0. The molecule has 0 saturated carbocycles. The van der Waals surface area contributed by atoms with Gasteiger partial charge >= 0.3 is 0 Å². The molecule has 0 fully saturated rings. The third-order valence-corrected chi connectivity index (χ3v) is 3.90. The van der Waals surface area contributed by atoms with Gasteiger partial charge < -0.3 is 5.11 Å². The first-order chi connectivity index (χ1) is 10.1. The number of aliphatic hydroxyl groups is 1. The van der Waals surface area contributed by atoms with E-state index >= 15 is 0 Å². The first-order valence-electron chi connectivity index (χ1n) is 6.75. The van der Waals surface area contributed by atoms with Gasteiger partial charge in [-0.3, -0.25) is 0 Å². The minimum Gasteiger partial charge on any atom is -0.388 e. The molecule has 0 saturated heterocycles. The quantitative estimate of drug-likeness (QED) is 0.729. The van der Waals surface area contributed by atoms with Crippen molar-refractivity contribution in [1.29, 1.82) is 0 Å². The summed E-state index contributed by atoms with van der Waals surface area (Å²) < 4.78 is 13.5. The van der Waals surface area contributed by atoms with Crippen molar-refractivity contribution in [2.75, 3.05) is 0 Å². The summed E-state index contributed by atoms with van der Waals surface area (Å²) in [7, 11) is 0. The highest BCUT2D eigenvalue weighted by molar-refractivity contribution is 6.30. The Hall–Kier alpha value is -1.90. The van der Waals surface area contributed by atoms with Gasteiger partial charge in [-0.15, -0.1) is 0 Å². The molecule has 0 bridgehead atoms. The van der Waals surface area contributed by atoms with E-state index in [1.165, 1.54) is 12.1 Å². The SMILES string of the molecule is OC(Cc1ccc(Cl)c(F)c1)c1cccc2ccccc12. The molecule has 3 heteroatoms. The van der Waals surface area contributed by atoms with Crippen molar-refractivity contribution in [3.8, 4) is 0 Å². The molecule has 1 atom stereocenters. The summed E-state index contributed by atoms with van der Waals surface area (Å²) in [6.07, 6.45) is -0.334. The van der Waals surface area contributed by atoms with Gasteiger partial charge in [0, 0.05) is 6.42 Å². The highest BCUT2D eigenvalue weighted by Crippen LogP contribution is 2.27. The Labute approximate surface area is 127 Å². The second-order valence-corrected chi connectivity index (χ2v) is 5.44. The molecule has 0 radical (unpaired) electrons. The summed E-state index contributed by atoms with van der Waals surface area (Å²) in [5.74, 6) is -0.459. The van der Waals surface area contributed by atoms with Gasteiger partial charge in [-0.1, -0.05) is 60.1 Å². The van der Waals surface area contributed by atoms with Gasteiger partial charge in [-0.05, 0) is 34.0 Å². The van der Waals surface area contributed by atoms with E-state index in [-0.39, 0.29) is 5.02 Å². The topological polar surface area (TPSA) is 20.2 Å². The molecule has 1 nitrogen and oxygen atoms in total. The molecular weight excluding hydrogens is 287 g/mol. The number of halogens is 2. The molecule has 21 heavy (non-hydrogen) atoms. The van der Waals surface area contributed by atoms with Gasteiger partial charge in [-0.25, -0.2) is 4.39 Å². The first-order valence-corrected chi connectivity index (χ1v) is 7.12. The lowest BCUT2D eigenvalue weighted by Gasteiger charge is -2.14. The van der Waals surface area contributed by atoms with Crippen LogP contribution < -0.4 is 0 Å². The number of benzene rings is 3. The van der Waals surface area contributed by atoms with Crippen molar-refractivity contribution in [3.05, 3.63) is 82.6 Å². The third kappa shape index (κ3) is 2.92. The normalized spacial score (nSPS) is 12.5. The Bertz CT molecular complexity index is 780. The molecule has 3 rings (SSSR count). The van der Waals surface area contributed by atoms with E-state index in [9.17, 15) is 9.50 Å². The van der Waals surface area contributed by atoms with Crippen LogP contribution in [0.3, 0.4) is 0 Å². The maximum absolute atomic E-state index is 13.5. The summed E-state index contributed by atoms with van der Waals surface area (Å²) in [6.45, 7) is 0. The number of rotatable bonds is 3. The molecular formula is C18H14ClFO. The van der Waals surface area contributed by atoms with E-state index in [4.69, 9.17) is 11.6 Å². The average Bonchev–Trinajstić information content (AvgIpc) is 2.50. The van der Waals surface area contributed by atoms with Crippen LogP contribution in [0.5, 0.6) is 0 Å². The predicted molar refractivity (Wildman–Crippen MR) is 84.0 cm³/mol. The lowest BCUT2D eigenvalue weighted by Crippen LogP contribution is -2.03. The molecule has 0 aliphatic heterocycles. The maximum Gasteiger partial charge on any atom is 0.142 e. The zero-order chi connectivity index (χ0) is 14.8. The van der Waals surface area contributed by atoms with Gasteiger partial charge in [0.25, 0.3) is 0 Å². The molecule has 106 valence electrons. The van der Waals surface area contributed by atoms with Crippen molar-refractivity contribution in [2.24, 2.45) is 0 Å². The fraction of sp³-hybridized carbons (Fsp3) is 0.111. The zero-order valence-electron chi connectivity index (χ0n) is 11.3. The largest absolute Gasteiger partial charge is 0.388 e. The first kappa shape index (κ1) is 14.1. The van der Waals surface area contributed by atoms with Crippen molar-refractivity contribution in [2.45, 2.75) is 12.5 Å². The second-order valence-electron chi connectivity index (χ2n) is 5.04. The van der Waals surface area contributed by atoms with Crippen LogP contribution >= 0.6 is 11.6 Å². The van der Waals surface area contributed by atoms with E-state index in [1.54, 1.807) is 6.07 Å². The fourth-order valence-electron chi connectivity index (χ4n) is 2.54. The minimum absolute atomic E-state index is 0.0957. The van der Waals surface area contributed by atoms with E-state index in [2.05, 4.69) is 0 Å². The number of hydrogen-bond acceptors (Lipinski definition) is 1.